The van der Waals surface area contributed by atoms with E-state index in [0.717, 1.165) is 11.1 Å². The van der Waals surface area contributed by atoms with Crippen LogP contribution in [0, 0.1) is 6.92 Å². The molecule has 1 N–H and O–H groups in total. The SMILES string of the molecule is Cc1cncc(COc2cc3c(cc2C(=O)O)OCO3)c1. The number of pyridine rings is 1. The third kappa shape index (κ3) is 2.74. The number of fused-ring (bicyclic) bond motifs is 1. The standard InChI is InChI=1S/C15H13NO5/c1-9-2-10(6-16-5-9)7-19-12-4-14-13(20-8-21-14)3-11(12)15(17)18/h2-6H,7-8H2,1H3,(H,17,18). The first-order valence-corrected chi connectivity index (χ1v) is 6.34. The van der Waals surface area contributed by atoms with Gasteiger partial charge >= 0.3 is 5.97 Å². The number of benzene rings is 1. The van der Waals surface area contributed by atoms with Gasteiger partial charge in [0.05, 0.1) is 0 Å². The fourth-order valence-electron chi connectivity index (χ4n) is 2.07. The van der Waals surface area contributed by atoms with Crippen LogP contribution in [0.1, 0.15) is 21.5 Å². The van der Waals surface area contributed by atoms with Crippen LogP contribution in [0.2, 0.25) is 0 Å². The van der Waals surface area contributed by atoms with Gasteiger partial charge < -0.3 is 19.3 Å². The van der Waals surface area contributed by atoms with Gasteiger partial charge in [0, 0.05) is 30.1 Å². The molecule has 0 fully saturated rings. The molecule has 0 amide bonds. The Morgan fingerprint density at radius 3 is 2.76 bits per heavy atom. The number of aromatic carboxylic acids is 1. The molecule has 0 bridgehead atoms. The molecule has 0 saturated heterocycles. The molecule has 0 spiro atoms. The van der Waals surface area contributed by atoms with Crippen LogP contribution in [0.15, 0.2) is 30.6 Å². The largest absolute Gasteiger partial charge is 0.488 e. The number of hydrogen-bond donors (Lipinski definition) is 1. The van der Waals surface area contributed by atoms with Crippen LogP contribution in [-0.2, 0) is 6.61 Å². The number of aryl methyl sites for hydroxylation is 1. The van der Waals surface area contributed by atoms with Crippen LogP contribution in [0.4, 0.5) is 0 Å². The molecule has 2 heterocycles. The van der Waals surface area contributed by atoms with Crippen LogP contribution >= 0.6 is 0 Å². The summed E-state index contributed by atoms with van der Waals surface area (Å²) in [6, 6.07) is 4.88. The maximum absolute atomic E-state index is 11.3. The summed E-state index contributed by atoms with van der Waals surface area (Å²) in [5, 5.41) is 9.25. The van der Waals surface area contributed by atoms with E-state index in [-0.39, 0.29) is 24.7 Å². The molecule has 0 unspecified atom stereocenters. The monoisotopic (exact) mass is 287 g/mol. The van der Waals surface area contributed by atoms with Crippen molar-refractivity contribution < 1.29 is 24.1 Å². The maximum atomic E-state index is 11.3. The van der Waals surface area contributed by atoms with Gasteiger partial charge in [-0.2, -0.15) is 0 Å². The third-order valence-electron chi connectivity index (χ3n) is 3.03. The highest BCUT2D eigenvalue weighted by atomic mass is 16.7. The first-order valence-electron chi connectivity index (χ1n) is 6.34. The van der Waals surface area contributed by atoms with E-state index < -0.39 is 5.97 Å². The molecule has 3 rings (SSSR count). The van der Waals surface area contributed by atoms with Gasteiger partial charge in [0.25, 0.3) is 0 Å². The van der Waals surface area contributed by atoms with E-state index in [1.807, 2.05) is 13.0 Å². The summed E-state index contributed by atoms with van der Waals surface area (Å²) in [7, 11) is 0. The number of nitrogens with zero attached hydrogens (tertiary/aromatic N) is 1. The summed E-state index contributed by atoms with van der Waals surface area (Å²) in [4.78, 5) is 15.4. The lowest BCUT2D eigenvalue weighted by molar-refractivity contribution is 0.0691. The van der Waals surface area contributed by atoms with Crippen LogP contribution in [-0.4, -0.2) is 22.9 Å². The average molecular weight is 287 g/mol. The van der Waals surface area contributed by atoms with Crippen molar-refractivity contribution in [1.29, 1.82) is 0 Å². The molecule has 0 saturated carbocycles. The van der Waals surface area contributed by atoms with Gasteiger partial charge in [0.1, 0.15) is 17.9 Å². The molecular formula is C15H13NO5. The minimum Gasteiger partial charge on any atom is -0.488 e. The fraction of sp³-hybridized carbons (Fsp3) is 0.200. The Kier molecular flexibility index (Phi) is 3.35. The number of carboxylic acid groups (broad SMARTS) is 1. The van der Waals surface area contributed by atoms with Gasteiger partial charge in [-0.3, -0.25) is 4.98 Å². The van der Waals surface area contributed by atoms with E-state index in [2.05, 4.69) is 4.98 Å². The van der Waals surface area contributed by atoms with E-state index in [9.17, 15) is 9.90 Å². The number of carboxylic acids is 1. The summed E-state index contributed by atoms with van der Waals surface area (Å²) >= 11 is 0. The van der Waals surface area contributed by atoms with Gasteiger partial charge in [-0.1, -0.05) is 0 Å². The van der Waals surface area contributed by atoms with E-state index in [4.69, 9.17) is 14.2 Å². The number of ether oxygens (including phenoxy) is 3. The van der Waals surface area contributed by atoms with Gasteiger partial charge in [0.15, 0.2) is 11.5 Å². The highest BCUT2D eigenvalue weighted by Crippen LogP contribution is 2.38. The molecule has 0 radical (unpaired) electrons. The lowest BCUT2D eigenvalue weighted by atomic mass is 10.1. The number of carbonyl (C=O) groups is 1. The van der Waals surface area contributed by atoms with Crippen molar-refractivity contribution in [3.8, 4) is 17.2 Å². The molecule has 1 aliphatic rings. The number of rotatable bonds is 4. The van der Waals surface area contributed by atoms with Crippen molar-refractivity contribution >= 4 is 5.97 Å². The van der Waals surface area contributed by atoms with Crippen molar-refractivity contribution in [3.63, 3.8) is 0 Å². The Labute approximate surface area is 120 Å². The highest BCUT2D eigenvalue weighted by Gasteiger charge is 2.21. The molecule has 1 aromatic heterocycles. The van der Waals surface area contributed by atoms with Crippen molar-refractivity contribution in [2.45, 2.75) is 13.5 Å². The molecule has 1 aliphatic heterocycles. The zero-order chi connectivity index (χ0) is 14.8. The molecule has 0 atom stereocenters. The van der Waals surface area contributed by atoms with E-state index in [0.29, 0.717) is 11.5 Å². The molecule has 108 valence electrons. The third-order valence-corrected chi connectivity index (χ3v) is 3.03. The quantitative estimate of drug-likeness (QED) is 0.930. The van der Waals surface area contributed by atoms with Crippen molar-refractivity contribution in [1.82, 2.24) is 4.98 Å². The normalized spacial score (nSPS) is 12.2. The second-order valence-corrected chi connectivity index (χ2v) is 4.67. The van der Waals surface area contributed by atoms with Gasteiger partial charge in [-0.25, -0.2) is 4.79 Å². The van der Waals surface area contributed by atoms with Gasteiger partial charge in [0.2, 0.25) is 6.79 Å². The lowest BCUT2D eigenvalue weighted by Crippen LogP contribution is -2.04. The number of hydrogen-bond acceptors (Lipinski definition) is 5. The number of aromatic nitrogens is 1. The molecule has 6 nitrogen and oxygen atoms in total. The Balaban J connectivity index is 1.86. The zero-order valence-corrected chi connectivity index (χ0v) is 11.3. The predicted molar refractivity (Wildman–Crippen MR) is 72.8 cm³/mol. The highest BCUT2D eigenvalue weighted by molar-refractivity contribution is 5.92. The van der Waals surface area contributed by atoms with Crippen LogP contribution in [0.5, 0.6) is 17.2 Å². The summed E-state index contributed by atoms with van der Waals surface area (Å²) in [6.07, 6.45) is 3.42. The Morgan fingerprint density at radius 2 is 2.05 bits per heavy atom. The van der Waals surface area contributed by atoms with E-state index in [1.54, 1.807) is 12.4 Å². The molecule has 1 aromatic carbocycles. The molecular weight excluding hydrogens is 274 g/mol. The van der Waals surface area contributed by atoms with E-state index in [1.165, 1.54) is 12.1 Å². The first-order chi connectivity index (χ1) is 10.1. The summed E-state index contributed by atoms with van der Waals surface area (Å²) in [6.45, 7) is 2.24. The molecule has 0 aliphatic carbocycles. The van der Waals surface area contributed by atoms with Crippen LogP contribution in [0.25, 0.3) is 0 Å². The molecule has 21 heavy (non-hydrogen) atoms. The van der Waals surface area contributed by atoms with Crippen molar-refractivity contribution in [3.05, 3.63) is 47.3 Å². The van der Waals surface area contributed by atoms with Crippen molar-refractivity contribution in [2.75, 3.05) is 6.79 Å². The first kappa shape index (κ1) is 13.2. The second-order valence-electron chi connectivity index (χ2n) is 4.67. The maximum Gasteiger partial charge on any atom is 0.339 e. The summed E-state index contributed by atoms with van der Waals surface area (Å²) < 4.78 is 16.0. The fourth-order valence-corrected chi connectivity index (χ4v) is 2.07. The molecule has 6 heteroatoms. The predicted octanol–water partition coefficient (Wildman–Crippen LogP) is 2.40. The zero-order valence-electron chi connectivity index (χ0n) is 11.3. The Bertz CT molecular complexity index is 698. The minimum atomic E-state index is -1.08. The van der Waals surface area contributed by atoms with Gasteiger partial charge in [-0.05, 0) is 18.6 Å². The topological polar surface area (TPSA) is 77.9 Å². The lowest BCUT2D eigenvalue weighted by Gasteiger charge is -2.10. The van der Waals surface area contributed by atoms with Gasteiger partial charge in [-0.15, -0.1) is 0 Å². The van der Waals surface area contributed by atoms with Crippen LogP contribution in [0.3, 0.4) is 0 Å². The smallest absolute Gasteiger partial charge is 0.339 e. The summed E-state index contributed by atoms with van der Waals surface area (Å²) in [5.74, 6) is 0.0632. The minimum absolute atomic E-state index is 0.0415. The van der Waals surface area contributed by atoms with Crippen LogP contribution < -0.4 is 14.2 Å². The Hall–Kier alpha value is -2.76. The van der Waals surface area contributed by atoms with E-state index >= 15 is 0 Å². The van der Waals surface area contributed by atoms with Crippen molar-refractivity contribution in [2.24, 2.45) is 0 Å². The molecule has 2 aromatic rings. The Morgan fingerprint density at radius 1 is 1.29 bits per heavy atom. The summed E-state index contributed by atoms with van der Waals surface area (Å²) in [5.41, 5.74) is 1.92. The second kappa shape index (κ2) is 5.32. The average Bonchev–Trinajstić information content (AvgIpc) is 2.91.